The van der Waals surface area contributed by atoms with Crippen molar-refractivity contribution in [2.24, 2.45) is 0 Å². The summed E-state index contributed by atoms with van der Waals surface area (Å²) in [4.78, 5) is 0. The van der Waals surface area contributed by atoms with Crippen LogP contribution in [-0.2, 0) is 6.42 Å². The lowest BCUT2D eigenvalue weighted by molar-refractivity contribution is 0.104. The van der Waals surface area contributed by atoms with Crippen LogP contribution in [0.5, 0.6) is 5.75 Å². The predicted octanol–water partition coefficient (Wildman–Crippen LogP) is 2.38. The first kappa shape index (κ1) is 15.0. The Morgan fingerprint density at radius 2 is 2.00 bits per heavy atom. The van der Waals surface area contributed by atoms with Crippen molar-refractivity contribution in [1.29, 1.82) is 0 Å². The topological polar surface area (TPSA) is 41.5 Å². The minimum Gasteiger partial charge on any atom is -0.491 e. The molecule has 102 valence electrons. The van der Waals surface area contributed by atoms with Gasteiger partial charge in [0.2, 0.25) is 0 Å². The molecule has 0 bridgehead atoms. The fourth-order valence-corrected chi connectivity index (χ4v) is 1.74. The smallest absolute Gasteiger partial charge is 0.122 e. The van der Waals surface area contributed by atoms with Crippen molar-refractivity contribution >= 4 is 0 Å². The van der Waals surface area contributed by atoms with Crippen LogP contribution >= 0.6 is 0 Å². The van der Waals surface area contributed by atoms with Gasteiger partial charge in [0.15, 0.2) is 0 Å². The van der Waals surface area contributed by atoms with Crippen molar-refractivity contribution in [3.63, 3.8) is 0 Å². The summed E-state index contributed by atoms with van der Waals surface area (Å²) in [5.74, 6) is 0.892. The van der Waals surface area contributed by atoms with Gasteiger partial charge in [0.1, 0.15) is 18.5 Å². The summed E-state index contributed by atoms with van der Waals surface area (Å²) in [6.07, 6.45) is 1.64. The first-order valence-corrected chi connectivity index (χ1v) is 6.75. The van der Waals surface area contributed by atoms with E-state index < -0.39 is 6.10 Å². The number of aryl methyl sites for hydroxylation is 1. The number of rotatable bonds is 8. The molecule has 1 rings (SSSR count). The zero-order valence-electron chi connectivity index (χ0n) is 11.6. The number of ether oxygens (including phenoxy) is 1. The molecule has 18 heavy (non-hydrogen) atoms. The third-order valence-corrected chi connectivity index (χ3v) is 2.68. The number of hydrogen-bond acceptors (Lipinski definition) is 3. The molecule has 0 aliphatic carbocycles. The largest absolute Gasteiger partial charge is 0.491 e. The van der Waals surface area contributed by atoms with Gasteiger partial charge in [-0.1, -0.05) is 45.4 Å². The van der Waals surface area contributed by atoms with Crippen LogP contribution in [0.3, 0.4) is 0 Å². The highest BCUT2D eigenvalue weighted by Gasteiger charge is 2.08. The van der Waals surface area contributed by atoms with Gasteiger partial charge >= 0.3 is 0 Å². The summed E-state index contributed by atoms with van der Waals surface area (Å²) in [6.45, 7) is 7.17. The number of aliphatic hydroxyl groups excluding tert-OH is 1. The molecule has 0 amide bonds. The van der Waals surface area contributed by atoms with Gasteiger partial charge in [-0.3, -0.25) is 0 Å². The Hall–Kier alpha value is -1.06. The summed E-state index contributed by atoms with van der Waals surface area (Å²) in [5.41, 5.74) is 1.21. The summed E-state index contributed by atoms with van der Waals surface area (Å²) in [7, 11) is 0. The second kappa shape index (κ2) is 8.11. The van der Waals surface area contributed by atoms with Gasteiger partial charge in [0, 0.05) is 12.6 Å². The van der Waals surface area contributed by atoms with Gasteiger partial charge in [0.25, 0.3) is 0 Å². The Balaban J connectivity index is 2.42. The number of para-hydroxylation sites is 1. The van der Waals surface area contributed by atoms with E-state index in [9.17, 15) is 5.11 Å². The molecule has 1 aromatic rings. The Morgan fingerprint density at radius 3 is 2.67 bits per heavy atom. The average molecular weight is 251 g/mol. The lowest BCUT2D eigenvalue weighted by Crippen LogP contribution is -2.35. The highest BCUT2D eigenvalue weighted by molar-refractivity contribution is 5.33. The maximum Gasteiger partial charge on any atom is 0.122 e. The Labute approximate surface area is 110 Å². The zero-order valence-corrected chi connectivity index (χ0v) is 11.6. The van der Waals surface area contributed by atoms with E-state index in [-0.39, 0.29) is 0 Å². The Kier molecular flexibility index (Phi) is 6.76. The zero-order chi connectivity index (χ0) is 13.4. The predicted molar refractivity (Wildman–Crippen MR) is 75.1 cm³/mol. The molecule has 3 nitrogen and oxygen atoms in total. The molecular formula is C15H25NO2. The van der Waals surface area contributed by atoms with E-state index in [0.717, 1.165) is 18.6 Å². The normalized spacial score (nSPS) is 12.7. The van der Waals surface area contributed by atoms with E-state index in [1.165, 1.54) is 5.56 Å². The molecule has 1 aromatic carbocycles. The average Bonchev–Trinajstić information content (AvgIpc) is 2.35. The molecule has 0 unspecified atom stereocenters. The van der Waals surface area contributed by atoms with Crippen LogP contribution in [0.25, 0.3) is 0 Å². The maximum atomic E-state index is 9.79. The first-order chi connectivity index (χ1) is 8.63. The van der Waals surface area contributed by atoms with Gasteiger partial charge in [-0.05, 0) is 18.1 Å². The summed E-state index contributed by atoms with van der Waals surface area (Å²) in [5, 5.41) is 13.0. The van der Waals surface area contributed by atoms with Crippen molar-refractivity contribution in [3.8, 4) is 5.75 Å². The summed E-state index contributed by atoms with van der Waals surface area (Å²) >= 11 is 0. The molecule has 2 N–H and O–H groups in total. The van der Waals surface area contributed by atoms with Crippen molar-refractivity contribution in [1.82, 2.24) is 5.32 Å². The van der Waals surface area contributed by atoms with Gasteiger partial charge in [-0.2, -0.15) is 0 Å². The van der Waals surface area contributed by atoms with Crippen LogP contribution in [0.4, 0.5) is 0 Å². The third-order valence-electron chi connectivity index (χ3n) is 2.68. The number of hydrogen-bond donors (Lipinski definition) is 2. The van der Waals surface area contributed by atoms with E-state index in [0.29, 0.717) is 19.2 Å². The SMILES string of the molecule is CCCc1ccccc1OC[C@H](O)CNC(C)C. The third kappa shape index (κ3) is 5.52. The number of benzene rings is 1. The molecule has 0 aliphatic rings. The second-order valence-corrected chi connectivity index (χ2v) is 4.89. The van der Waals surface area contributed by atoms with Gasteiger partial charge in [0.05, 0.1) is 0 Å². The van der Waals surface area contributed by atoms with Crippen molar-refractivity contribution < 1.29 is 9.84 Å². The van der Waals surface area contributed by atoms with Gasteiger partial charge in [-0.25, -0.2) is 0 Å². The molecule has 0 saturated heterocycles. The molecule has 0 spiro atoms. The van der Waals surface area contributed by atoms with Crippen LogP contribution in [0, 0.1) is 0 Å². The van der Waals surface area contributed by atoms with Crippen LogP contribution in [-0.4, -0.2) is 30.4 Å². The van der Waals surface area contributed by atoms with E-state index in [2.05, 4.69) is 32.2 Å². The highest BCUT2D eigenvalue weighted by atomic mass is 16.5. The molecular weight excluding hydrogens is 226 g/mol. The Morgan fingerprint density at radius 1 is 1.28 bits per heavy atom. The van der Waals surface area contributed by atoms with Gasteiger partial charge < -0.3 is 15.2 Å². The first-order valence-electron chi connectivity index (χ1n) is 6.75. The fraction of sp³-hybridized carbons (Fsp3) is 0.600. The summed E-state index contributed by atoms with van der Waals surface area (Å²) < 4.78 is 5.69. The van der Waals surface area contributed by atoms with Crippen LogP contribution in [0.2, 0.25) is 0 Å². The molecule has 1 atom stereocenters. The number of nitrogens with one attached hydrogen (secondary N) is 1. The lowest BCUT2D eigenvalue weighted by Gasteiger charge is -2.16. The van der Waals surface area contributed by atoms with Crippen molar-refractivity contribution in [2.75, 3.05) is 13.2 Å². The minimum atomic E-state index is -0.470. The molecule has 3 heteroatoms. The van der Waals surface area contributed by atoms with E-state index in [4.69, 9.17) is 4.74 Å². The molecule has 0 saturated carbocycles. The monoisotopic (exact) mass is 251 g/mol. The molecule has 0 heterocycles. The molecule has 0 fully saturated rings. The van der Waals surface area contributed by atoms with E-state index in [1.807, 2.05) is 18.2 Å². The standard InChI is InChI=1S/C15H25NO2/c1-4-7-13-8-5-6-9-15(13)18-11-14(17)10-16-12(2)3/h5-6,8-9,12,14,16-17H,4,7,10-11H2,1-3H3/t14-/m1/s1. The van der Waals surface area contributed by atoms with Gasteiger partial charge in [-0.15, -0.1) is 0 Å². The quantitative estimate of drug-likeness (QED) is 0.745. The van der Waals surface area contributed by atoms with Crippen molar-refractivity contribution in [3.05, 3.63) is 29.8 Å². The highest BCUT2D eigenvalue weighted by Crippen LogP contribution is 2.19. The second-order valence-electron chi connectivity index (χ2n) is 4.89. The van der Waals surface area contributed by atoms with Crippen LogP contribution < -0.4 is 10.1 Å². The van der Waals surface area contributed by atoms with Crippen molar-refractivity contribution in [2.45, 2.75) is 45.8 Å². The van der Waals surface area contributed by atoms with Crippen LogP contribution in [0.1, 0.15) is 32.8 Å². The summed E-state index contributed by atoms with van der Waals surface area (Å²) in [6, 6.07) is 8.42. The van der Waals surface area contributed by atoms with E-state index in [1.54, 1.807) is 0 Å². The molecule has 0 aliphatic heterocycles. The molecule has 0 radical (unpaired) electrons. The Bertz CT molecular complexity index is 339. The number of aliphatic hydroxyl groups is 1. The lowest BCUT2D eigenvalue weighted by atomic mass is 10.1. The molecule has 0 aromatic heterocycles. The minimum absolute atomic E-state index is 0.334. The fourth-order valence-electron chi connectivity index (χ4n) is 1.74. The maximum absolute atomic E-state index is 9.79. The van der Waals surface area contributed by atoms with E-state index >= 15 is 0 Å². The van der Waals surface area contributed by atoms with Crippen LogP contribution in [0.15, 0.2) is 24.3 Å².